The molecule has 0 radical (unpaired) electrons. The molecule has 0 aliphatic carbocycles. The maximum absolute atomic E-state index is 13.1. The molecule has 1 aliphatic rings. The number of piperazine rings is 1. The molecule has 1 saturated heterocycles. The number of hydrogen-bond acceptors (Lipinski definition) is 5. The summed E-state index contributed by atoms with van der Waals surface area (Å²) >= 11 is 0. The molecule has 0 bridgehead atoms. The minimum atomic E-state index is -0.388. The molecule has 1 aromatic carbocycles. The molecule has 0 saturated carbocycles. The Balaban J connectivity index is 1.76. The third kappa shape index (κ3) is 4.58. The van der Waals surface area contributed by atoms with Crippen LogP contribution in [0, 0.1) is 11.3 Å². The molecule has 2 aromatic rings. The second kappa shape index (κ2) is 8.45. The van der Waals surface area contributed by atoms with Gasteiger partial charge in [0.15, 0.2) is 0 Å². The zero-order chi connectivity index (χ0) is 18.4. The molecule has 6 heteroatoms. The molecule has 134 valence electrons. The molecule has 1 atom stereocenters. The van der Waals surface area contributed by atoms with E-state index >= 15 is 0 Å². The highest BCUT2D eigenvalue weighted by atomic mass is 16.2. The van der Waals surface area contributed by atoms with E-state index in [-0.39, 0.29) is 11.9 Å². The maximum atomic E-state index is 13.1. The molecular formula is C20H23N5O. The van der Waals surface area contributed by atoms with Crippen LogP contribution in [-0.4, -0.2) is 60.0 Å². The van der Waals surface area contributed by atoms with E-state index in [1.807, 2.05) is 35.2 Å². The van der Waals surface area contributed by atoms with Gasteiger partial charge in [-0.1, -0.05) is 30.3 Å². The molecule has 1 unspecified atom stereocenters. The summed E-state index contributed by atoms with van der Waals surface area (Å²) in [6.07, 6.45) is 2.11. The summed E-state index contributed by atoms with van der Waals surface area (Å²) in [5.41, 5.74) is 1.60. The first-order valence-corrected chi connectivity index (χ1v) is 8.79. The van der Waals surface area contributed by atoms with E-state index in [0.29, 0.717) is 17.8 Å². The summed E-state index contributed by atoms with van der Waals surface area (Å²) in [4.78, 5) is 21.5. The average molecular weight is 349 g/mol. The second-order valence-corrected chi connectivity index (χ2v) is 6.56. The first kappa shape index (κ1) is 17.9. The van der Waals surface area contributed by atoms with Crippen molar-refractivity contribution in [3.63, 3.8) is 0 Å². The molecule has 1 aromatic heterocycles. The summed E-state index contributed by atoms with van der Waals surface area (Å²) in [5, 5.41) is 12.2. The Bertz CT molecular complexity index is 761. The lowest BCUT2D eigenvalue weighted by Crippen LogP contribution is -2.52. The maximum Gasteiger partial charge on any atom is 0.245 e. The van der Waals surface area contributed by atoms with Crippen molar-refractivity contribution < 1.29 is 4.79 Å². The van der Waals surface area contributed by atoms with Crippen LogP contribution in [0.2, 0.25) is 0 Å². The summed E-state index contributed by atoms with van der Waals surface area (Å²) in [5.74, 6) is 0.695. The zero-order valence-electron chi connectivity index (χ0n) is 14.9. The smallest absolute Gasteiger partial charge is 0.245 e. The Hall–Kier alpha value is -2.91. The number of nitrogens with zero attached hydrogens (tertiary/aromatic N) is 4. The van der Waals surface area contributed by atoms with E-state index in [0.717, 1.165) is 31.7 Å². The first-order chi connectivity index (χ1) is 12.7. The van der Waals surface area contributed by atoms with Crippen molar-refractivity contribution >= 4 is 11.7 Å². The van der Waals surface area contributed by atoms with Crippen LogP contribution in [0.1, 0.15) is 11.1 Å². The Morgan fingerprint density at radius 1 is 1.19 bits per heavy atom. The lowest BCUT2D eigenvalue weighted by atomic mass is 10.0. The number of hydrogen-bond donors (Lipinski definition) is 1. The number of nitrogens with one attached hydrogen (secondary N) is 1. The quantitative estimate of drug-likeness (QED) is 0.890. The number of aromatic nitrogens is 1. The molecule has 1 fully saturated rings. The van der Waals surface area contributed by atoms with E-state index in [1.54, 1.807) is 12.1 Å². The minimum Gasteiger partial charge on any atom is -0.358 e. The fraction of sp³-hybridized carbons (Fsp3) is 0.350. The molecule has 1 N–H and O–H groups in total. The van der Waals surface area contributed by atoms with Crippen LogP contribution in [0.3, 0.4) is 0 Å². The summed E-state index contributed by atoms with van der Waals surface area (Å²) < 4.78 is 0. The monoisotopic (exact) mass is 349 g/mol. The van der Waals surface area contributed by atoms with Crippen molar-refractivity contribution in [3.8, 4) is 6.07 Å². The molecule has 1 aliphatic heterocycles. The van der Waals surface area contributed by atoms with E-state index < -0.39 is 0 Å². The molecule has 6 nitrogen and oxygen atoms in total. The average Bonchev–Trinajstić information content (AvgIpc) is 2.69. The minimum absolute atomic E-state index is 0.0908. The highest BCUT2D eigenvalue weighted by Crippen LogP contribution is 2.13. The number of likely N-dealkylation sites (N-methyl/N-ethyl adjacent to an activating group) is 1. The number of carbonyl (C=O) groups excluding carboxylic acids is 1. The van der Waals surface area contributed by atoms with Crippen LogP contribution in [0.4, 0.5) is 5.82 Å². The lowest BCUT2D eigenvalue weighted by Gasteiger charge is -2.35. The van der Waals surface area contributed by atoms with Crippen molar-refractivity contribution in [1.29, 1.82) is 5.26 Å². The number of amides is 1. The van der Waals surface area contributed by atoms with Gasteiger partial charge in [0, 0.05) is 38.8 Å². The van der Waals surface area contributed by atoms with Crippen molar-refractivity contribution in [1.82, 2.24) is 14.8 Å². The Kier molecular flexibility index (Phi) is 5.82. The number of rotatable bonds is 5. The van der Waals surface area contributed by atoms with Crippen molar-refractivity contribution in [2.75, 3.05) is 38.5 Å². The highest BCUT2D eigenvalue weighted by Gasteiger charge is 2.27. The zero-order valence-corrected chi connectivity index (χ0v) is 14.9. The van der Waals surface area contributed by atoms with Crippen LogP contribution in [0.25, 0.3) is 0 Å². The molecular weight excluding hydrogens is 326 g/mol. The van der Waals surface area contributed by atoms with Crippen molar-refractivity contribution in [2.45, 2.75) is 12.5 Å². The molecule has 26 heavy (non-hydrogen) atoms. The van der Waals surface area contributed by atoms with Gasteiger partial charge in [-0.3, -0.25) is 4.79 Å². The van der Waals surface area contributed by atoms with Gasteiger partial charge in [-0.15, -0.1) is 0 Å². The number of carbonyl (C=O) groups is 1. The Morgan fingerprint density at radius 2 is 1.92 bits per heavy atom. The van der Waals surface area contributed by atoms with Crippen LogP contribution < -0.4 is 5.32 Å². The van der Waals surface area contributed by atoms with Crippen LogP contribution in [0.5, 0.6) is 0 Å². The third-order valence-electron chi connectivity index (χ3n) is 4.61. The van der Waals surface area contributed by atoms with Crippen LogP contribution in [0.15, 0.2) is 48.7 Å². The van der Waals surface area contributed by atoms with Gasteiger partial charge in [-0.2, -0.15) is 5.26 Å². The predicted molar refractivity (Wildman–Crippen MR) is 101 cm³/mol. The van der Waals surface area contributed by atoms with Gasteiger partial charge < -0.3 is 15.1 Å². The van der Waals surface area contributed by atoms with Crippen LogP contribution >= 0.6 is 0 Å². The molecule has 0 spiro atoms. The topological polar surface area (TPSA) is 72.3 Å². The molecule has 1 amide bonds. The molecule has 3 rings (SSSR count). The number of pyridine rings is 1. The predicted octanol–water partition coefficient (Wildman–Crippen LogP) is 1.75. The van der Waals surface area contributed by atoms with E-state index in [4.69, 9.17) is 5.26 Å². The largest absolute Gasteiger partial charge is 0.358 e. The van der Waals surface area contributed by atoms with Crippen molar-refractivity contribution in [2.24, 2.45) is 0 Å². The van der Waals surface area contributed by atoms with E-state index in [1.165, 1.54) is 6.20 Å². The van der Waals surface area contributed by atoms with Gasteiger partial charge in [0.1, 0.15) is 17.9 Å². The highest BCUT2D eigenvalue weighted by molar-refractivity contribution is 5.85. The van der Waals surface area contributed by atoms with Crippen molar-refractivity contribution in [3.05, 3.63) is 59.8 Å². The fourth-order valence-corrected chi connectivity index (χ4v) is 3.02. The van der Waals surface area contributed by atoms with Gasteiger partial charge >= 0.3 is 0 Å². The standard InChI is InChI=1S/C20H23N5O/c1-24-9-11-25(12-10-24)20(26)18(13-16-5-3-2-4-6-16)23-19-8-7-17(14-21)15-22-19/h2-8,15,18H,9-13H2,1H3,(H,22,23). The molecule has 2 heterocycles. The summed E-state index contributed by atoms with van der Waals surface area (Å²) in [6, 6.07) is 15.1. The normalized spacial score (nSPS) is 15.9. The number of benzene rings is 1. The van der Waals surface area contributed by atoms with Gasteiger partial charge in [0.25, 0.3) is 0 Å². The van der Waals surface area contributed by atoms with E-state index in [2.05, 4.69) is 28.3 Å². The summed E-state index contributed by atoms with van der Waals surface area (Å²) in [6.45, 7) is 3.25. The SMILES string of the molecule is CN1CCN(C(=O)C(Cc2ccccc2)Nc2ccc(C#N)cn2)CC1. The van der Waals surface area contributed by atoms with E-state index in [9.17, 15) is 4.79 Å². The third-order valence-corrected chi connectivity index (χ3v) is 4.61. The Morgan fingerprint density at radius 3 is 2.54 bits per heavy atom. The fourth-order valence-electron chi connectivity index (χ4n) is 3.02. The summed E-state index contributed by atoms with van der Waals surface area (Å²) in [7, 11) is 2.07. The van der Waals surface area contributed by atoms with Gasteiger partial charge in [0.05, 0.1) is 5.56 Å². The van der Waals surface area contributed by atoms with Gasteiger partial charge in [-0.05, 0) is 24.7 Å². The lowest BCUT2D eigenvalue weighted by molar-refractivity contribution is -0.133. The number of nitriles is 1. The second-order valence-electron chi connectivity index (χ2n) is 6.56. The van der Waals surface area contributed by atoms with Gasteiger partial charge in [0.2, 0.25) is 5.91 Å². The number of anilines is 1. The van der Waals surface area contributed by atoms with Gasteiger partial charge in [-0.25, -0.2) is 4.98 Å². The first-order valence-electron chi connectivity index (χ1n) is 8.79. The van der Waals surface area contributed by atoms with Crippen LogP contribution in [-0.2, 0) is 11.2 Å². The Labute approximate surface area is 154 Å².